The predicted molar refractivity (Wildman–Crippen MR) is 59.6 cm³/mol. The first kappa shape index (κ1) is 8.82. The van der Waals surface area contributed by atoms with Gasteiger partial charge < -0.3 is 4.98 Å². The molecule has 13 heavy (non-hydrogen) atoms. The van der Waals surface area contributed by atoms with Crippen LogP contribution in [-0.4, -0.2) is 4.98 Å². The van der Waals surface area contributed by atoms with Crippen molar-refractivity contribution in [1.82, 2.24) is 4.98 Å². The molecule has 0 unspecified atom stereocenters. The van der Waals surface area contributed by atoms with Crippen LogP contribution in [0.2, 0.25) is 0 Å². The van der Waals surface area contributed by atoms with E-state index in [0.29, 0.717) is 0 Å². The van der Waals surface area contributed by atoms with Crippen LogP contribution in [-0.2, 0) is 5.41 Å². The molecule has 1 N–H and O–H groups in total. The van der Waals surface area contributed by atoms with E-state index in [2.05, 4.69) is 38.7 Å². The van der Waals surface area contributed by atoms with E-state index in [0.717, 1.165) is 0 Å². The molecular formula is C11H15NS. The van der Waals surface area contributed by atoms with Gasteiger partial charge in [-0.25, -0.2) is 0 Å². The molecule has 0 amide bonds. The second-order valence-corrected chi connectivity index (χ2v) is 5.76. The average molecular weight is 193 g/mol. The first-order valence-corrected chi connectivity index (χ1v) is 5.39. The molecule has 0 spiro atoms. The molecular weight excluding hydrogens is 178 g/mol. The number of aromatic amines is 1. The first-order valence-electron chi connectivity index (χ1n) is 4.57. The fourth-order valence-electron chi connectivity index (χ4n) is 1.93. The van der Waals surface area contributed by atoms with Crippen LogP contribution < -0.4 is 0 Å². The van der Waals surface area contributed by atoms with Gasteiger partial charge in [0.15, 0.2) is 0 Å². The van der Waals surface area contributed by atoms with Gasteiger partial charge in [-0.1, -0.05) is 20.8 Å². The zero-order valence-electron chi connectivity index (χ0n) is 8.56. The lowest BCUT2D eigenvalue weighted by Gasteiger charge is -2.18. The summed E-state index contributed by atoms with van der Waals surface area (Å²) in [5.41, 5.74) is 3.04. The van der Waals surface area contributed by atoms with Gasteiger partial charge in [0.25, 0.3) is 0 Å². The summed E-state index contributed by atoms with van der Waals surface area (Å²) in [4.78, 5) is 4.77. The molecule has 0 radical (unpaired) electrons. The summed E-state index contributed by atoms with van der Waals surface area (Å²) in [6.07, 6.45) is 2.02. The van der Waals surface area contributed by atoms with Crippen LogP contribution in [0.4, 0.5) is 0 Å². The number of nitrogens with one attached hydrogen (secondary N) is 1. The van der Waals surface area contributed by atoms with Crippen LogP contribution in [0, 0.1) is 6.92 Å². The van der Waals surface area contributed by atoms with Gasteiger partial charge in [0.1, 0.15) is 0 Å². The zero-order valence-corrected chi connectivity index (χ0v) is 9.38. The smallest absolute Gasteiger partial charge is 0.0604 e. The van der Waals surface area contributed by atoms with Gasteiger partial charge in [-0.05, 0) is 24.0 Å². The van der Waals surface area contributed by atoms with Crippen LogP contribution in [0.25, 0.3) is 10.2 Å². The quantitative estimate of drug-likeness (QED) is 0.654. The fraction of sp³-hybridized carbons (Fsp3) is 0.455. The van der Waals surface area contributed by atoms with Crippen LogP contribution in [0.15, 0.2) is 12.3 Å². The Kier molecular flexibility index (Phi) is 1.77. The average Bonchev–Trinajstić information content (AvgIpc) is 2.41. The van der Waals surface area contributed by atoms with Crippen molar-refractivity contribution >= 4 is 21.6 Å². The Bertz CT molecular complexity index is 428. The lowest BCUT2D eigenvalue weighted by atomic mass is 9.87. The third-order valence-electron chi connectivity index (χ3n) is 2.32. The lowest BCUT2D eigenvalue weighted by molar-refractivity contribution is 0.593. The van der Waals surface area contributed by atoms with Crippen molar-refractivity contribution < 1.29 is 0 Å². The first-order chi connectivity index (χ1) is 6.00. The molecule has 1 nitrogen and oxygen atoms in total. The topological polar surface area (TPSA) is 15.8 Å². The van der Waals surface area contributed by atoms with Gasteiger partial charge in [-0.3, -0.25) is 0 Å². The number of fused-ring (bicyclic) bond motifs is 1. The third-order valence-corrected chi connectivity index (χ3v) is 3.39. The SMILES string of the molecule is Cc1sc2cc[nH]c2c1C(C)(C)C. The molecule has 0 aliphatic rings. The molecule has 0 aliphatic heterocycles. The highest BCUT2D eigenvalue weighted by Crippen LogP contribution is 2.37. The molecule has 2 rings (SSSR count). The highest BCUT2D eigenvalue weighted by atomic mass is 32.1. The lowest BCUT2D eigenvalue weighted by Crippen LogP contribution is -2.11. The van der Waals surface area contributed by atoms with E-state index in [4.69, 9.17) is 0 Å². The van der Waals surface area contributed by atoms with E-state index in [1.54, 1.807) is 0 Å². The molecule has 2 heterocycles. The Labute approximate surface area is 82.8 Å². The van der Waals surface area contributed by atoms with Crippen molar-refractivity contribution in [2.75, 3.05) is 0 Å². The summed E-state index contributed by atoms with van der Waals surface area (Å²) in [7, 11) is 0. The Balaban J connectivity index is 2.78. The Morgan fingerprint density at radius 2 is 2.00 bits per heavy atom. The van der Waals surface area contributed by atoms with Gasteiger partial charge in [-0.2, -0.15) is 0 Å². The Morgan fingerprint density at radius 1 is 1.31 bits per heavy atom. The number of hydrogen-bond donors (Lipinski definition) is 1. The molecule has 0 fully saturated rings. The largest absolute Gasteiger partial charge is 0.360 e. The van der Waals surface area contributed by atoms with Crippen molar-refractivity contribution in [2.24, 2.45) is 0 Å². The maximum Gasteiger partial charge on any atom is 0.0604 e. The molecule has 0 atom stereocenters. The fourth-order valence-corrected chi connectivity index (χ4v) is 3.17. The summed E-state index contributed by atoms with van der Waals surface area (Å²) in [5, 5.41) is 0. The molecule has 2 aromatic heterocycles. The molecule has 2 heteroatoms. The van der Waals surface area contributed by atoms with Crippen LogP contribution in [0.3, 0.4) is 0 Å². The Morgan fingerprint density at radius 3 is 2.62 bits per heavy atom. The minimum absolute atomic E-state index is 0.243. The van der Waals surface area contributed by atoms with Gasteiger partial charge in [-0.15, -0.1) is 11.3 Å². The molecule has 0 aliphatic carbocycles. The van der Waals surface area contributed by atoms with Crippen molar-refractivity contribution in [3.8, 4) is 0 Å². The third kappa shape index (κ3) is 1.29. The Hall–Kier alpha value is -0.760. The van der Waals surface area contributed by atoms with Gasteiger partial charge in [0.2, 0.25) is 0 Å². The van der Waals surface area contributed by atoms with E-state index in [-0.39, 0.29) is 5.41 Å². The van der Waals surface area contributed by atoms with Crippen LogP contribution in [0.5, 0.6) is 0 Å². The van der Waals surface area contributed by atoms with E-state index in [1.807, 2.05) is 17.5 Å². The van der Waals surface area contributed by atoms with Crippen LogP contribution in [0.1, 0.15) is 31.2 Å². The van der Waals surface area contributed by atoms with E-state index in [9.17, 15) is 0 Å². The summed E-state index contributed by atoms with van der Waals surface area (Å²) < 4.78 is 1.38. The molecule has 0 aromatic carbocycles. The number of aromatic nitrogens is 1. The maximum absolute atomic E-state index is 3.33. The van der Waals surface area contributed by atoms with Crippen molar-refractivity contribution in [3.05, 3.63) is 22.7 Å². The molecule has 70 valence electrons. The molecule has 0 bridgehead atoms. The summed E-state index contributed by atoms with van der Waals surface area (Å²) in [6, 6.07) is 2.15. The highest BCUT2D eigenvalue weighted by molar-refractivity contribution is 7.19. The van der Waals surface area contributed by atoms with Crippen molar-refractivity contribution in [2.45, 2.75) is 33.1 Å². The van der Waals surface area contributed by atoms with E-state index in [1.165, 1.54) is 20.7 Å². The van der Waals surface area contributed by atoms with Crippen molar-refractivity contribution in [1.29, 1.82) is 0 Å². The number of H-pyrrole nitrogens is 1. The standard InChI is InChI=1S/C11H15NS/c1-7-9(11(2,3)4)10-8(13-7)5-6-12-10/h5-6,12H,1-4H3. The van der Waals surface area contributed by atoms with Crippen molar-refractivity contribution in [3.63, 3.8) is 0 Å². The second kappa shape index (κ2) is 2.61. The predicted octanol–water partition coefficient (Wildman–Crippen LogP) is 3.84. The maximum atomic E-state index is 3.33. The van der Waals surface area contributed by atoms with E-state index >= 15 is 0 Å². The minimum atomic E-state index is 0.243. The summed E-state index contributed by atoms with van der Waals surface area (Å²) in [5.74, 6) is 0. The number of hydrogen-bond acceptors (Lipinski definition) is 1. The molecule has 0 saturated carbocycles. The van der Waals surface area contributed by atoms with Gasteiger partial charge >= 0.3 is 0 Å². The highest BCUT2D eigenvalue weighted by Gasteiger charge is 2.21. The zero-order chi connectivity index (χ0) is 9.64. The molecule has 0 saturated heterocycles. The van der Waals surface area contributed by atoms with Crippen LogP contribution >= 0.6 is 11.3 Å². The number of rotatable bonds is 0. The number of aryl methyl sites for hydroxylation is 1. The van der Waals surface area contributed by atoms with Gasteiger partial charge in [0, 0.05) is 11.1 Å². The van der Waals surface area contributed by atoms with Gasteiger partial charge in [0.05, 0.1) is 10.2 Å². The monoisotopic (exact) mass is 193 g/mol. The minimum Gasteiger partial charge on any atom is -0.360 e. The summed E-state index contributed by atoms with van der Waals surface area (Å²) >= 11 is 1.88. The van der Waals surface area contributed by atoms with E-state index < -0.39 is 0 Å². The normalized spacial score (nSPS) is 12.6. The number of thiophene rings is 1. The summed E-state index contributed by atoms with van der Waals surface area (Å²) in [6.45, 7) is 9.01. The second-order valence-electron chi connectivity index (χ2n) is 4.50. The molecule has 2 aromatic rings.